The minimum atomic E-state index is -0.445. The van der Waals surface area contributed by atoms with Gasteiger partial charge in [-0.05, 0) is 36.5 Å². The summed E-state index contributed by atoms with van der Waals surface area (Å²) in [5.41, 5.74) is 0.0771. The molecular formula is C19H29N3O4S2. The molecule has 2 atom stereocenters. The van der Waals surface area contributed by atoms with Crippen molar-refractivity contribution in [2.24, 2.45) is 0 Å². The van der Waals surface area contributed by atoms with Crippen molar-refractivity contribution < 1.29 is 19.0 Å². The summed E-state index contributed by atoms with van der Waals surface area (Å²) in [6.07, 6.45) is 0. The van der Waals surface area contributed by atoms with Crippen LogP contribution in [0.15, 0.2) is 24.3 Å². The summed E-state index contributed by atoms with van der Waals surface area (Å²) in [6.45, 7) is 7.62. The van der Waals surface area contributed by atoms with Crippen LogP contribution in [-0.2, 0) is 9.47 Å². The monoisotopic (exact) mass is 427 g/mol. The van der Waals surface area contributed by atoms with E-state index in [4.69, 9.17) is 19.5 Å². The lowest BCUT2D eigenvalue weighted by Gasteiger charge is -2.16. The number of nitrogens with one attached hydrogen (secondary N) is 2. The predicted molar refractivity (Wildman–Crippen MR) is 115 cm³/mol. The van der Waals surface area contributed by atoms with Crippen molar-refractivity contribution in [3.63, 3.8) is 0 Å². The number of thiol groups is 1. The molecule has 0 bridgehead atoms. The molecule has 0 saturated carbocycles. The molecule has 0 spiro atoms. The number of rotatable bonds is 15. The molecule has 0 aliphatic carbocycles. The minimum absolute atomic E-state index is 0.155. The van der Waals surface area contributed by atoms with Crippen molar-refractivity contribution in [3.05, 3.63) is 29.8 Å². The van der Waals surface area contributed by atoms with Crippen LogP contribution in [-0.4, -0.2) is 62.7 Å². The Labute approximate surface area is 176 Å². The maximum absolute atomic E-state index is 12.2. The Kier molecular flexibility index (Phi) is 13.6. The van der Waals surface area contributed by atoms with Gasteiger partial charge in [-0.2, -0.15) is 17.9 Å². The van der Waals surface area contributed by atoms with Crippen molar-refractivity contribution in [2.75, 3.05) is 46.1 Å². The first-order valence-electron chi connectivity index (χ1n) is 9.20. The molecule has 156 valence electrons. The van der Waals surface area contributed by atoms with Crippen LogP contribution in [0.4, 0.5) is 0 Å². The van der Waals surface area contributed by atoms with Crippen LogP contribution < -0.4 is 15.4 Å². The molecule has 0 heterocycles. The van der Waals surface area contributed by atoms with E-state index in [1.165, 1.54) is 0 Å². The molecule has 1 aromatic rings. The standard InChI is InChI=1S/C19H29N3O4S2/c1-3-21-7-8-22-19(23)16-5-4-6-17(11-16)26-13-18(28-14-20)25-10-9-24-12-15(2)27/h4-6,11,15,18,21,27H,3,7-10,12-13H2,1-2H3,(H,22,23). The highest BCUT2D eigenvalue weighted by atomic mass is 32.2. The Bertz CT molecular complexity index is 611. The molecule has 2 unspecified atom stereocenters. The van der Waals surface area contributed by atoms with Gasteiger partial charge in [-0.25, -0.2) is 0 Å². The molecule has 0 radical (unpaired) electrons. The topological polar surface area (TPSA) is 92.6 Å². The molecule has 2 N–H and O–H groups in total. The summed E-state index contributed by atoms with van der Waals surface area (Å²) in [5.74, 6) is 0.393. The molecular weight excluding hydrogens is 398 g/mol. The zero-order valence-electron chi connectivity index (χ0n) is 16.3. The Morgan fingerprint density at radius 1 is 1.32 bits per heavy atom. The summed E-state index contributed by atoms with van der Waals surface area (Å²) >= 11 is 5.22. The Hall–Kier alpha value is -1.44. The normalized spacial score (nSPS) is 12.8. The zero-order valence-corrected chi connectivity index (χ0v) is 18.1. The fourth-order valence-corrected chi connectivity index (χ4v) is 2.63. The number of likely N-dealkylation sites (N-methyl/N-ethyl adjacent to an activating group) is 1. The number of ether oxygens (including phenoxy) is 3. The number of amides is 1. The third-order valence-corrected chi connectivity index (χ3v) is 4.18. The van der Waals surface area contributed by atoms with Crippen molar-refractivity contribution in [1.29, 1.82) is 5.26 Å². The number of nitrogens with zero attached hydrogens (tertiary/aromatic N) is 1. The van der Waals surface area contributed by atoms with Crippen molar-refractivity contribution in [1.82, 2.24) is 10.6 Å². The van der Waals surface area contributed by atoms with E-state index in [-0.39, 0.29) is 17.8 Å². The average Bonchev–Trinajstić information content (AvgIpc) is 2.69. The third kappa shape index (κ3) is 11.4. The number of nitriles is 1. The molecule has 7 nitrogen and oxygen atoms in total. The first-order chi connectivity index (χ1) is 13.6. The van der Waals surface area contributed by atoms with Gasteiger partial charge in [-0.15, -0.1) is 0 Å². The van der Waals surface area contributed by atoms with Crippen LogP contribution in [0.25, 0.3) is 0 Å². The maximum atomic E-state index is 12.2. The second-order valence-corrected chi connectivity index (χ2v) is 7.71. The van der Waals surface area contributed by atoms with Crippen molar-refractivity contribution in [2.45, 2.75) is 24.5 Å². The first kappa shape index (κ1) is 24.6. The van der Waals surface area contributed by atoms with Crippen LogP contribution in [0.3, 0.4) is 0 Å². The van der Waals surface area contributed by atoms with E-state index >= 15 is 0 Å². The Morgan fingerprint density at radius 3 is 2.86 bits per heavy atom. The van der Waals surface area contributed by atoms with E-state index in [9.17, 15) is 4.79 Å². The van der Waals surface area contributed by atoms with Crippen molar-refractivity contribution in [3.8, 4) is 11.2 Å². The van der Waals surface area contributed by atoms with E-state index in [0.717, 1.165) is 24.9 Å². The number of carbonyl (C=O) groups is 1. The largest absolute Gasteiger partial charge is 0.490 e. The smallest absolute Gasteiger partial charge is 0.251 e. The van der Waals surface area contributed by atoms with E-state index < -0.39 is 5.44 Å². The van der Waals surface area contributed by atoms with Gasteiger partial charge in [-0.3, -0.25) is 4.79 Å². The highest BCUT2D eigenvalue weighted by Crippen LogP contribution is 2.17. The van der Waals surface area contributed by atoms with Crippen LogP contribution in [0.2, 0.25) is 0 Å². The Balaban J connectivity index is 2.43. The van der Waals surface area contributed by atoms with E-state index in [2.05, 4.69) is 23.3 Å². The number of hydrogen-bond acceptors (Lipinski definition) is 8. The molecule has 1 aromatic carbocycles. The van der Waals surface area contributed by atoms with Gasteiger partial charge in [0.15, 0.2) is 5.44 Å². The quantitative estimate of drug-likeness (QED) is 0.171. The third-order valence-electron chi connectivity index (χ3n) is 3.39. The number of hydrogen-bond donors (Lipinski definition) is 3. The van der Waals surface area contributed by atoms with Crippen LogP contribution in [0.1, 0.15) is 24.2 Å². The minimum Gasteiger partial charge on any atom is -0.490 e. The van der Waals surface area contributed by atoms with Gasteiger partial charge in [-0.1, -0.05) is 19.9 Å². The predicted octanol–water partition coefficient (Wildman–Crippen LogP) is 2.30. The number of thiocyanates is 1. The molecule has 0 aliphatic rings. The van der Waals surface area contributed by atoms with Gasteiger partial charge in [0.1, 0.15) is 17.8 Å². The fourth-order valence-electron chi connectivity index (χ4n) is 2.10. The first-order valence-corrected chi connectivity index (χ1v) is 10.6. The second-order valence-electron chi connectivity index (χ2n) is 5.88. The van der Waals surface area contributed by atoms with Crippen LogP contribution >= 0.6 is 24.4 Å². The summed E-state index contributed by atoms with van der Waals surface area (Å²) in [4.78, 5) is 12.2. The zero-order chi connectivity index (χ0) is 20.6. The van der Waals surface area contributed by atoms with Gasteiger partial charge in [0.25, 0.3) is 5.91 Å². The summed E-state index contributed by atoms with van der Waals surface area (Å²) < 4.78 is 16.7. The van der Waals surface area contributed by atoms with Crippen LogP contribution in [0.5, 0.6) is 5.75 Å². The van der Waals surface area contributed by atoms with Gasteiger partial charge in [0, 0.05) is 23.9 Å². The maximum Gasteiger partial charge on any atom is 0.251 e. The molecule has 0 fully saturated rings. The summed E-state index contributed by atoms with van der Waals surface area (Å²) in [7, 11) is 0. The fraction of sp³-hybridized carbons (Fsp3) is 0.579. The van der Waals surface area contributed by atoms with Gasteiger partial charge < -0.3 is 24.8 Å². The average molecular weight is 428 g/mol. The summed E-state index contributed by atoms with van der Waals surface area (Å²) in [5, 5.41) is 17.1. The molecule has 9 heteroatoms. The molecule has 0 aromatic heterocycles. The van der Waals surface area contributed by atoms with E-state index in [0.29, 0.717) is 37.7 Å². The van der Waals surface area contributed by atoms with E-state index in [1.54, 1.807) is 24.3 Å². The van der Waals surface area contributed by atoms with E-state index in [1.807, 2.05) is 19.2 Å². The lowest BCUT2D eigenvalue weighted by molar-refractivity contribution is 0.0241. The number of carbonyl (C=O) groups excluding carboxylic acids is 1. The Morgan fingerprint density at radius 2 is 2.14 bits per heavy atom. The lowest BCUT2D eigenvalue weighted by atomic mass is 10.2. The number of thioether (sulfide) groups is 1. The lowest BCUT2D eigenvalue weighted by Crippen LogP contribution is -2.31. The molecule has 0 aliphatic heterocycles. The molecule has 28 heavy (non-hydrogen) atoms. The van der Waals surface area contributed by atoms with Gasteiger partial charge in [0.2, 0.25) is 0 Å². The SMILES string of the molecule is CCNCCNC(=O)c1cccc(OCC(OCCOCC(C)S)SC#N)c1. The molecule has 1 amide bonds. The van der Waals surface area contributed by atoms with Gasteiger partial charge >= 0.3 is 0 Å². The molecule has 1 rings (SSSR count). The highest BCUT2D eigenvalue weighted by Gasteiger charge is 2.12. The second kappa shape index (κ2) is 15.5. The highest BCUT2D eigenvalue weighted by molar-refractivity contribution is 8.04. The van der Waals surface area contributed by atoms with Gasteiger partial charge in [0.05, 0.1) is 19.8 Å². The van der Waals surface area contributed by atoms with Crippen LogP contribution in [0, 0.1) is 10.7 Å². The van der Waals surface area contributed by atoms with Crippen molar-refractivity contribution >= 4 is 30.3 Å². The number of benzene rings is 1. The summed E-state index contributed by atoms with van der Waals surface area (Å²) in [6, 6.07) is 6.93. The molecule has 0 saturated heterocycles.